The van der Waals surface area contributed by atoms with E-state index < -0.39 is 21.4 Å². The van der Waals surface area contributed by atoms with Crippen LogP contribution >= 0.6 is 0 Å². The molecule has 0 unspecified atom stereocenters. The molecule has 4 aliphatic rings. The SMILES string of the molecule is C1C2CC3CC1CC(C2)C3.O=C=CC(F)(F)S(=O)(=O)[O-].c1ccc([S+](c2ccccc2)c2ccccc2)cc1. The van der Waals surface area contributed by atoms with Crippen molar-refractivity contribution in [2.24, 2.45) is 23.7 Å². The maximum atomic E-state index is 11.7. The topological polar surface area (TPSA) is 74.3 Å². The van der Waals surface area contributed by atoms with Crippen LogP contribution in [-0.2, 0) is 25.8 Å². The lowest BCUT2D eigenvalue weighted by atomic mass is 9.56. The molecular weight excluding hydrogens is 538 g/mol. The Labute approximate surface area is 232 Å². The number of hydrogen-bond donors (Lipinski definition) is 0. The predicted molar refractivity (Wildman–Crippen MR) is 148 cm³/mol. The lowest BCUT2D eigenvalue weighted by Gasteiger charge is -2.49. The molecule has 0 amide bonds. The number of carbonyl (C=O) groups excluding carboxylic acids is 1. The van der Waals surface area contributed by atoms with Gasteiger partial charge in [-0.05, 0) is 98.6 Å². The van der Waals surface area contributed by atoms with Gasteiger partial charge in [0.05, 0.1) is 17.0 Å². The molecule has 0 saturated heterocycles. The van der Waals surface area contributed by atoms with Gasteiger partial charge in [0.2, 0.25) is 0 Å². The van der Waals surface area contributed by atoms with E-state index in [1.807, 2.05) is 0 Å². The summed E-state index contributed by atoms with van der Waals surface area (Å²) in [5.74, 6) is 5.22. The molecule has 4 nitrogen and oxygen atoms in total. The molecule has 0 aromatic heterocycles. The van der Waals surface area contributed by atoms with E-state index in [9.17, 15) is 26.5 Å². The van der Waals surface area contributed by atoms with Crippen molar-refractivity contribution >= 4 is 27.0 Å². The van der Waals surface area contributed by atoms with Gasteiger partial charge in [0, 0.05) is 0 Å². The monoisotopic (exact) mass is 570 g/mol. The van der Waals surface area contributed by atoms with Crippen LogP contribution < -0.4 is 0 Å². The van der Waals surface area contributed by atoms with Crippen LogP contribution in [0.3, 0.4) is 0 Å². The molecule has 39 heavy (non-hydrogen) atoms. The Kier molecular flexibility index (Phi) is 9.78. The van der Waals surface area contributed by atoms with Gasteiger partial charge in [-0.1, -0.05) is 54.6 Å². The van der Waals surface area contributed by atoms with E-state index in [-0.39, 0.29) is 10.9 Å². The maximum absolute atomic E-state index is 11.7. The average Bonchev–Trinajstić information content (AvgIpc) is 2.90. The van der Waals surface area contributed by atoms with E-state index in [2.05, 4.69) is 91.0 Å². The summed E-state index contributed by atoms with van der Waals surface area (Å²) in [6.45, 7) is 0. The molecule has 206 valence electrons. The Morgan fingerprint density at radius 3 is 1.15 bits per heavy atom. The minimum absolute atomic E-state index is 0.0146. The summed E-state index contributed by atoms with van der Waals surface area (Å²) in [5, 5.41) is -4.64. The lowest BCUT2D eigenvalue weighted by Crippen LogP contribution is -2.38. The summed E-state index contributed by atoms with van der Waals surface area (Å²) in [6, 6.07) is 32.2. The molecule has 4 fully saturated rings. The molecule has 3 aromatic rings. The third-order valence-electron chi connectivity index (χ3n) is 7.50. The van der Waals surface area contributed by atoms with Crippen molar-refractivity contribution < 1.29 is 26.5 Å². The van der Waals surface area contributed by atoms with Gasteiger partial charge < -0.3 is 4.55 Å². The van der Waals surface area contributed by atoms with Gasteiger partial charge in [-0.15, -0.1) is 0 Å². The highest BCUT2D eigenvalue weighted by atomic mass is 32.2. The third-order valence-corrected chi connectivity index (χ3v) is 10.5. The van der Waals surface area contributed by atoms with Crippen molar-refractivity contribution in [1.29, 1.82) is 0 Å². The van der Waals surface area contributed by atoms with E-state index in [4.69, 9.17) is 0 Å². The summed E-state index contributed by atoms with van der Waals surface area (Å²) < 4.78 is 52.0. The van der Waals surface area contributed by atoms with Gasteiger partial charge in [0.25, 0.3) is 0 Å². The smallest absolute Gasteiger partial charge is 0.363 e. The zero-order valence-corrected chi connectivity index (χ0v) is 23.1. The first-order chi connectivity index (χ1) is 18.7. The van der Waals surface area contributed by atoms with Crippen LogP contribution in [0, 0.1) is 23.7 Å². The van der Waals surface area contributed by atoms with Gasteiger partial charge in [-0.3, -0.25) is 0 Å². The Hall–Kier alpha value is -2.77. The molecule has 8 heteroatoms. The minimum atomic E-state index is -5.77. The molecule has 0 N–H and O–H groups in total. The van der Waals surface area contributed by atoms with Crippen molar-refractivity contribution in [1.82, 2.24) is 0 Å². The summed E-state index contributed by atoms with van der Waals surface area (Å²) in [5.41, 5.74) is 0. The Morgan fingerprint density at radius 2 is 0.949 bits per heavy atom. The van der Waals surface area contributed by atoms with Crippen molar-refractivity contribution in [2.75, 3.05) is 0 Å². The Bertz CT molecular complexity index is 1190. The number of benzene rings is 3. The van der Waals surface area contributed by atoms with Crippen molar-refractivity contribution in [2.45, 2.75) is 58.5 Å². The highest BCUT2D eigenvalue weighted by Gasteiger charge is 2.41. The van der Waals surface area contributed by atoms with E-state index in [1.165, 1.54) is 38.4 Å². The van der Waals surface area contributed by atoms with Crippen LogP contribution in [0.1, 0.15) is 38.5 Å². The highest BCUT2D eigenvalue weighted by Crippen LogP contribution is 2.53. The van der Waals surface area contributed by atoms with Crippen molar-refractivity contribution in [3.63, 3.8) is 0 Å². The zero-order chi connectivity index (χ0) is 27.9. The molecule has 0 atom stereocenters. The molecule has 0 radical (unpaired) electrons. The molecule has 7 rings (SSSR count). The van der Waals surface area contributed by atoms with Crippen LogP contribution in [0.5, 0.6) is 0 Å². The minimum Gasteiger partial charge on any atom is -0.743 e. The number of alkyl halides is 2. The van der Waals surface area contributed by atoms with Gasteiger partial charge in [-0.2, -0.15) is 8.78 Å². The van der Waals surface area contributed by atoms with E-state index in [0.29, 0.717) is 5.94 Å². The van der Waals surface area contributed by atoms with E-state index in [1.54, 1.807) is 38.5 Å². The largest absolute Gasteiger partial charge is 0.743 e. The highest BCUT2D eigenvalue weighted by molar-refractivity contribution is 7.97. The van der Waals surface area contributed by atoms with Crippen LogP contribution in [0.2, 0.25) is 0 Å². The zero-order valence-electron chi connectivity index (χ0n) is 21.5. The fourth-order valence-corrected chi connectivity index (χ4v) is 8.50. The number of halogens is 2. The summed E-state index contributed by atoms with van der Waals surface area (Å²) in [7, 11) is -5.78. The van der Waals surface area contributed by atoms with E-state index >= 15 is 0 Å². The molecule has 0 spiro atoms. The predicted octanol–water partition coefficient (Wildman–Crippen LogP) is 7.13. The molecule has 4 saturated carbocycles. The van der Waals surface area contributed by atoms with Crippen LogP contribution in [0.15, 0.2) is 112 Å². The molecular formula is C31H32F2O4S2. The first kappa shape index (κ1) is 29.2. The Morgan fingerprint density at radius 1 is 0.667 bits per heavy atom. The number of rotatable bonds is 5. The summed E-state index contributed by atoms with van der Waals surface area (Å²) >= 11 is 0. The van der Waals surface area contributed by atoms with Gasteiger partial charge in [0.15, 0.2) is 24.8 Å². The summed E-state index contributed by atoms with van der Waals surface area (Å²) in [6.07, 6.45) is 8.98. The average molecular weight is 571 g/mol. The fraction of sp³-hybridized carbons (Fsp3) is 0.355. The third kappa shape index (κ3) is 7.89. The Balaban J connectivity index is 0.000000149. The molecule has 0 aliphatic heterocycles. The number of hydrogen-bond acceptors (Lipinski definition) is 4. The maximum Gasteiger partial charge on any atom is 0.363 e. The fourth-order valence-electron chi connectivity index (χ4n) is 6.20. The van der Waals surface area contributed by atoms with Crippen LogP contribution in [0.4, 0.5) is 8.78 Å². The van der Waals surface area contributed by atoms with E-state index in [0.717, 1.165) is 0 Å². The normalized spacial score (nSPS) is 23.1. The second-order valence-electron chi connectivity index (χ2n) is 10.4. The van der Waals surface area contributed by atoms with Crippen LogP contribution in [-0.4, -0.2) is 24.2 Å². The first-order valence-electron chi connectivity index (χ1n) is 13.1. The second-order valence-corrected chi connectivity index (χ2v) is 13.9. The first-order valence-corrected chi connectivity index (χ1v) is 15.7. The standard InChI is InChI=1S/C18H15S.C10H16.C3H2F2O4S/c1-4-10-16(11-5-1)19(17-12-6-2-7-13-17)18-14-8-3-9-15-18;1-7-2-9-4-8(1)5-10(3-7)6-9;4-3(5,1-2-6)10(7,8)9/h1-15H;7-10H,1-6H2;1H,(H,7,8,9)/q+1;;/p-1. The molecule has 3 aromatic carbocycles. The molecule has 4 aliphatic carbocycles. The quantitative estimate of drug-likeness (QED) is 0.186. The van der Waals surface area contributed by atoms with Gasteiger partial charge >= 0.3 is 5.25 Å². The molecule has 0 heterocycles. The summed E-state index contributed by atoms with van der Waals surface area (Å²) in [4.78, 5) is 13.3. The van der Waals surface area contributed by atoms with Gasteiger partial charge in [-0.25, -0.2) is 13.2 Å². The molecule has 4 bridgehead atoms. The van der Waals surface area contributed by atoms with Crippen molar-refractivity contribution in [3.05, 3.63) is 97.1 Å². The van der Waals surface area contributed by atoms with Crippen molar-refractivity contribution in [3.8, 4) is 0 Å². The lowest BCUT2D eigenvalue weighted by molar-refractivity contribution is 0.0198. The van der Waals surface area contributed by atoms with Crippen LogP contribution in [0.25, 0.3) is 0 Å². The second kappa shape index (κ2) is 13.1. The van der Waals surface area contributed by atoms with Gasteiger partial charge in [0.1, 0.15) is 5.94 Å².